The quantitative estimate of drug-likeness (QED) is 0.908. The second-order valence-electron chi connectivity index (χ2n) is 6.68. The lowest BCUT2D eigenvalue weighted by Gasteiger charge is -2.36. The third-order valence-electron chi connectivity index (χ3n) is 5.10. The molecule has 1 saturated carbocycles. The van der Waals surface area contributed by atoms with E-state index in [1.165, 1.54) is 13.2 Å². The van der Waals surface area contributed by atoms with Gasteiger partial charge in [0.1, 0.15) is 0 Å². The maximum absolute atomic E-state index is 13.8. The van der Waals surface area contributed by atoms with Gasteiger partial charge < -0.3 is 14.7 Å². The third kappa shape index (κ3) is 3.70. The van der Waals surface area contributed by atoms with Crippen molar-refractivity contribution in [1.82, 2.24) is 9.80 Å². The van der Waals surface area contributed by atoms with Gasteiger partial charge in [-0.1, -0.05) is 6.07 Å². The zero-order valence-electron chi connectivity index (χ0n) is 14.1. The maximum atomic E-state index is 13.8. The minimum Gasteiger partial charge on any atom is -0.494 e. The van der Waals surface area contributed by atoms with Crippen molar-refractivity contribution >= 4 is 5.91 Å². The van der Waals surface area contributed by atoms with Crippen molar-refractivity contribution < 1.29 is 19.0 Å². The van der Waals surface area contributed by atoms with Gasteiger partial charge in [0.15, 0.2) is 11.6 Å². The van der Waals surface area contributed by atoms with Gasteiger partial charge in [0.25, 0.3) is 0 Å². The van der Waals surface area contributed by atoms with Crippen molar-refractivity contribution in [3.05, 3.63) is 29.6 Å². The summed E-state index contributed by atoms with van der Waals surface area (Å²) in [4.78, 5) is 16.6. The van der Waals surface area contributed by atoms with Gasteiger partial charge in [-0.25, -0.2) is 4.39 Å². The van der Waals surface area contributed by atoms with Crippen LogP contribution in [0.1, 0.15) is 24.8 Å². The summed E-state index contributed by atoms with van der Waals surface area (Å²) < 4.78 is 18.7. The van der Waals surface area contributed by atoms with E-state index in [-0.39, 0.29) is 23.4 Å². The number of amides is 1. The molecule has 1 amide bonds. The molecule has 0 spiro atoms. The largest absolute Gasteiger partial charge is 0.494 e. The zero-order chi connectivity index (χ0) is 17.1. The lowest BCUT2D eigenvalue weighted by Crippen LogP contribution is -2.50. The number of carbonyl (C=O) groups is 1. The van der Waals surface area contributed by atoms with Crippen molar-refractivity contribution in [3.8, 4) is 5.75 Å². The highest BCUT2D eigenvalue weighted by Gasteiger charge is 2.35. The molecule has 1 saturated heterocycles. The number of hydrogen-bond donors (Lipinski definition) is 1. The summed E-state index contributed by atoms with van der Waals surface area (Å²) >= 11 is 0. The average Bonchev–Trinajstić information content (AvgIpc) is 3.01. The van der Waals surface area contributed by atoms with Crippen LogP contribution in [-0.4, -0.2) is 60.2 Å². The first-order valence-electron chi connectivity index (χ1n) is 8.60. The zero-order valence-corrected chi connectivity index (χ0v) is 14.1. The second kappa shape index (κ2) is 7.49. The number of carbonyl (C=O) groups excluding carboxylic acids is 1. The molecular weight excluding hydrogens is 311 g/mol. The summed E-state index contributed by atoms with van der Waals surface area (Å²) in [6, 6.07) is 5.02. The van der Waals surface area contributed by atoms with Crippen molar-refractivity contribution in [3.63, 3.8) is 0 Å². The molecule has 2 atom stereocenters. The van der Waals surface area contributed by atoms with Crippen LogP contribution < -0.4 is 4.74 Å². The number of nitrogens with zero attached hydrogens (tertiary/aromatic N) is 2. The Morgan fingerprint density at radius 1 is 1.29 bits per heavy atom. The minimum absolute atomic E-state index is 0.0927. The molecule has 5 nitrogen and oxygen atoms in total. The number of rotatable bonds is 4. The Morgan fingerprint density at radius 3 is 2.62 bits per heavy atom. The van der Waals surface area contributed by atoms with Crippen LogP contribution >= 0.6 is 0 Å². The van der Waals surface area contributed by atoms with E-state index in [0.717, 1.165) is 37.9 Å². The monoisotopic (exact) mass is 336 g/mol. The SMILES string of the molecule is COc1ccc(CN2CCN(C(=O)C3CCCC3O)CC2)cc1F. The lowest BCUT2D eigenvalue weighted by molar-refractivity contribution is -0.140. The third-order valence-corrected chi connectivity index (χ3v) is 5.10. The predicted octanol–water partition coefficient (Wildman–Crippen LogP) is 1.64. The Bertz CT molecular complexity index is 588. The fourth-order valence-electron chi connectivity index (χ4n) is 3.66. The summed E-state index contributed by atoms with van der Waals surface area (Å²) in [5, 5.41) is 9.90. The Labute approximate surface area is 142 Å². The molecule has 132 valence electrons. The van der Waals surface area contributed by atoms with Gasteiger partial charge in [-0.05, 0) is 37.0 Å². The molecule has 2 unspecified atom stereocenters. The summed E-state index contributed by atoms with van der Waals surface area (Å²) in [6.45, 7) is 3.53. The summed E-state index contributed by atoms with van der Waals surface area (Å²) in [7, 11) is 1.45. The highest BCUT2D eigenvalue weighted by atomic mass is 19.1. The molecule has 6 heteroatoms. The molecule has 1 aliphatic carbocycles. The molecule has 1 N–H and O–H groups in total. The van der Waals surface area contributed by atoms with Crippen molar-refractivity contribution in [2.45, 2.75) is 31.9 Å². The van der Waals surface area contributed by atoms with Gasteiger partial charge in [0.05, 0.1) is 19.1 Å². The Hall–Kier alpha value is -1.66. The molecular formula is C18H25FN2O3. The number of halogens is 1. The molecule has 1 aromatic rings. The summed E-state index contributed by atoms with van der Waals surface area (Å²) in [5.41, 5.74) is 0.902. The normalized spacial score (nSPS) is 25.0. The van der Waals surface area contributed by atoms with E-state index in [0.29, 0.717) is 19.6 Å². The minimum atomic E-state index is -0.474. The molecule has 2 fully saturated rings. The van der Waals surface area contributed by atoms with E-state index in [1.54, 1.807) is 6.07 Å². The van der Waals surface area contributed by atoms with Crippen LogP contribution in [0.15, 0.2) is 18.2 Å². The molecule has 1 aromatic carbocycles. The first kappa shape index (κ1) is 17.2. The van der Waals surface area contributed by atoms with E-state index in [2.05, 4.69) is 4.90 Å². The number of aliphatic hydroxyl groups excluding tert-OH is 1. The first-order valence-corrected chi connectivity index (χ1v) is 8.60. The molecule has 0 radical (unpaired) electrons. The van der Waals surface area contributed by atoms with E-state index >= 15 is 0 Å². The van der Waals surface area contributed by atoms with Crippen LogP contribution in [0.25, 0.3) is 0 Å². The van der Waals surface area contributed by atoms with Gasteiger partial charge in [0, 0.05) is 32.7 Å². The topological polar surface area (TPSA) is 53.0 Å². The van der Waals surface area contributed by atoms with Gasteiger partial charge in [-0.3, -0.25) is 9.69 Å². The van der Waals surface area contributed by atoms with Gasteiger partial charge in [-0.2, -0.15) is 0 Å². The highest BCUT2D eigenvalue weighted by Crippen LogP contribution is 2.28. The average molecular weight is 336 g/mol. The number of hydrogen-bond acceptors (Lipinski definition) is 4. The van der Waals surface area contributed by atoms with Crippen LogP contribution in [0.5, 0.6) is 5.75 Å². The smallest absolute Gasteiger partial charge is 0.228 e. The lowest BCUT2D eigenvalue weighted by atomic mass is 10.0. The fourth-order valence-corrected chi connectivity index (χ4v) is 3.66. The molecule has 1 aliphatic heterocycles. The number of piperazine rings is 1. The van der Waals surface area contributed by atoms with Crippen LogP contribution in [-0.2, 0) is 11.3 Å². The van der Waals surface area contributed by atoms with Crippen LogP contribution in [0.2, 0.25) is 0 Å². The standard InChI is InChI=1S/C18H25FN2O3/c1-24-17-6-5-13(11-15(17)19)12-20-7-9-21(10-8-20)18(23)14-3-2-4-16(14)22/h5-6,11,14,16,22H,2-4,7-10,12H2,1H3. The maximum Gasteiger partial charge on any atom is 0.228 e. The van der Waals surface area contributed by atoms with Crippen molar-refractivity contribution in [1.29, 1.82) is 0 Å². The van der Waals surface area contributed by atoms with Crippen molar-refractivity contribution in [2.75, 3.05) is 33.3 Å². The number of benzene rings is 1. The number of methoxy groups -OCH3 is 1. The second-order valence-corrected chi connectivity index (χ2v) is 6.68. The number of ether oxygens (including phenoxy) is 1. The predicted molar refractivity (Wildman–Crippen MR) is 88.2 cm³/mol. The Morgan fingerprint density at radius 2 is 2.04 bits per heavy atom. The van der Waals surface area contributed by atoms with Gasteiger partial charge in [0.2, 0.25) is 5.91 Å². The fraction of sp³-hybridized carbons (Fsp3) is 0.611. The van der Waals surface area contributed by atoms with E-state index < -0.39 is 6.10 Å². The van der Waals surface area contributed by atoms with Crippen LogP contribution in [0, 0.1) is 11.7 Å². The highest BCUT2D eigenvalue weighted by molar-refractivity contribution is 5.79. The molecule has 1 heterocycles. The Kier molecular flexibility index (Phi) is 5.36. The molecule has 3 rings (SSSR count). The number of aliphatic hydroxyl groups is 1. The van der Waals surface area contributed by atoms with Crippen LogP contribution in [0.4, 0.5) is 4.39 Å². The Balaban J connectivity index is 1.52. The molecule has 0 bridgehead atoms. The molecule has 2 aliphatic rings. The van der Waals surface area contributed by atoms with Gasteiger partial charge >= 0.3 is 0 Å². The van der Waals surface area contributed by atoms with E-state index in [4.69, 9.17) is 4.74 Å². The van der Waals surface area contributed by atoms with Gasteiger partial charge in [-0.15, -0.1) is 0 Å². The molecule has 0 aromatic heterocycles. The van der Waals surface area contributed by atoms with Crippen LogP contribution in [0.3, 0.4) is 0 Å². The van der Waals surface area contributed by atoms with E-state index in [9.17, 15) is 14.3 Å². The van der Waals surface area contributed by atoms with Crippen molar-refractivity contribution in [2.24, 2.45) is 5.92 Å². The molecule has 24 heavy (non-hydrogen) atoms. The summed E-state index contributed by atoms with van der Waals surface area (Å²) in [6.07, 6.45) is 1.99. The first-order chi connectivity index (χ1) is 11.6. The summed E-state index contributed by atoms with van der Waals surface area (Å²) in [5.74, 6) is -0.217. The van der Waals surface area contributed by atoms with E-state index in [1.807, 2.05) is 11.0 Å².